The Bertz CT molecular complexity index is 282. The van der Waals surface area contributed by atoms with Crippen molar-refractivity contribution in [3.63, 3.8) is 0 Å². The third kappa shape index (κ3) is 2.95. The molecule has 0 saturated carbocycles. The Morgan fingerprint density at radius 1 is 1.47 bits per heavy atom. The second-order valence-corrected chi connectivity index (χ2v) is 6.10. The van der Waals surface area contributed by atoms with Gasteiger partial charge in [0.2, 0.25) is 5.91 Å². The van der Waals surface area contributed by atoms with E-state index >= 15 is 0 Å². The fourth-order valence-corrected chi connectivity index (χ4v) is 3.24. The number of likely N-dealkylation sites (tertiary alicyclic amines) is 2. The maximum atomic E-state index is 12.0. The Morgan fingerprint density at radius 2 is 2.18 bits per heavy atom. The van der Waals surface area contributed by atoms with Crippen molar-refractivity contribution >= 4 is 17.7 Å². The summed E-state index contributed by atoms with van der Waals surface area (Å²) < 4.78 is 0. The van der Waals surface area contributed by atoms with Crippen LogP contribution in [0.4, 0.5) is 0 Å². The van der Waals surface area contributed by atoms with Gasteiger partial charge in [0.05, 0.1) is 6.10 Å². The average molecular weight is 258 g/mol. The summed E-state index contributed by atoms with van der Waals surface area (Å²) in [5, 5.41) is 9.48. The number of aliphatic hydroxyl groups excluding tert-OH is 1. The summed E-state index contributed by atoms with van der Waals surface area (Å²) in [6, 6.07) is 0.484. The lowest BCUT2D eigenvalue weighted by atomic mass is 10.0. The third-order valence-electron chi connectivity index (χ3n) is 3.72. The number of thioether (sulfide) groups is 1. The number of carbonyl (C=O) groups excluding carboxylic acids is 1. The van der Waals surface area contributed by atoms with E-state index in [2.05, 4.69) is 4.90 Å². The standard InChI is InChI=1S/C12H22N2O2S/c1-9(8-17-2)12(16)14-5-10(6-14)13-4-3-11(15)7-13/h9-11,15H,3-8H2,1-2H3. The smallest absolute Gasteiger partial charge is 0.226 e. The molecule has 0 radical (unpaired) electrons. The number of rotatable bonds is 4. The van der Waals surface area contributed by atoms with E-state index in [9.17, 15) is 9.90 Å². The van der Waals surface area contributed by atoms with Crippen LogP contribution in [0.2, 0.25) is 0 Å². The summed E-state index contributed by atoms with van der Waals surface area (Å²) in [6.07, 6.45) is 2.76. The maximum Gasteiger partial charge on any atom is 0.226 e. The van der Waals surface area contributed by atoms with E-state index in [0.717, 1.165) is 38.4 Å². The minimum Gasteiger partial charge on any atom is -0.392 e. The van der Waals surface area contributed by atoms with Crippen LogP contribution in [0.5, 0.6) is 0 Å². The number of amides is 1. The molecule has 0 aliphatic carbocycles. The van der Waals surface area contributed by atoms with Crippen LogP contribution < -0.4 is 0 Å². The van der Waals surface area contributed by atoms with Crippen LogP contribution in [-0.4, -0.2) is 71.1 Å². The van der Waals surface area contributed by atoms with E-state index in [4.69, 9.17) is 0 Å². The van der Waals surface area contributed by atoms with Gasteiger partial charge in [0.1, 0.15) is 0 Å². The summed E-state index contributed by atoms with van der Waals surface area (Å²) in [6.45, 7) is 5.47. The lowest BCUT2D eigenvalue weighted by molar-refractivity contribution is -0.141. The molecule has 2 aliphatic heterocycles. The van der Waals surface area contributed by atoms with Crippen molar-refractivity contribution in [1.82, 2.24) is 9.80 Å². The quantitative estimate of drug-likeness (QED) is 0.786. The van der Waals surface area contributed by atoms with Crippen molar-refractivity contribution < 1.29 is 9.90 Å². The van der Waals surface area contributed by atoms with E-state index in [1.54, 1.807) is 11.8 Å². The van der Waals surface area contributed by atoms with Gasteiger partial charge in [-0.3, -0.25) is 9.69 Å². The maximum absolute atomic E-state index is 12.0. The first kappa shape index (κ1) is 13.2. The molecular formula is C12H22N2O2S. The first-order chi connectivity index (χ1) is 8.11. The van der Waals surface area contributed by atoms with Gasteiger partial charge in [-0.1, -0.05) is 6.92 Å². The molecule has 17 heavy (non-hydrogen) atoms. The molecule has 4 nitrogen and oxygen atoms in total. The molecule has 0 aromatic heterocycles. The lowest BCUT2D eigenvalue weighted by Gasteiger charge is -2.45. The zero-order valence-electron chi connectivity index (χ0n) is 10.6. The van der Waals surface area contributed by atoms with Crippen molar-refractivity contribution in [1.29, 1.82) is 0 Å². The fourth-order valence-electron chi connectivity index (χ4n) is 2.60. The summed E-state index contributed by atoms with van der Waals surface area (Å²) in [7, 11) is 0. The van der Waals surface area contributed by atoms with Crippen LogP contribution in [0, 0.1) is 5.92 Å². The summed E-state index contributed by atoms with van der Waals surface area (Å²) in [5.74, 6) is 1.33. The molecule has 2 fully saturated rings. The van der Waals surface area contributed by atoms with Gasteiger partial charge in [-0.05, 0) is 12.7 Å². The molecule has 0 aromatic rings. The number of hydrogen-bond donors (Lipinski definition) is 1. The Hall–Kier alpha value is -0.260. The summed E-state index contributed by atoms with van der Waals surface area (Å²) in [5.41, 5.74) is 0. The van der Waals surface area contributed by atoms with E-state index in [0.29, 0.717) is 6.04 Å². The van der Waals surface area contributed by atoms with Gasteiger partial charge in [0, 0.05) is 43.9 Å². The molecule has 1 N–H and O–H groups in total. The van der Waals surface area contributed by atoms with E-state index in [-0.39, 0.29) is 17.9 Å². The SMILES string of the molecule is CSCC(C)C(=O)N1CC(N2CCC(O)C2)C1. The molecule has 1 amide bonds. The van der Waals surface area contributed by atoms with Gasteiger partial charge in [-0.2, -0.15) is 11.8 Å². The summed E-state index contributed by atoms with van der Waals surface area (Å²) >= 11 is 1.73. The van der Waals surface area contributed by atoms with Crippen molar-refractivity contribution in [2.45, 2.75) is 25.5 Å². The number of aliphatic hydroxyl groups is 1. The zero-order valence-corrected chi connectivity index (χ0v) is 11.4. The minimum atomic E-state index is -0.157. The molecule has 0 spiro atoms. The lowest BCUT2D eigenvalue weighted by Crippen LogP contribution is -2.61. The number of carbonyl (C=O) groups is 1. The predicted octanol–water partition coefficient (Wildman–Crippen LogP) is 0.263. The van der Waals surface area contributed by atoms with E-state index < -0.39 is 0 Å². The third-order valence-corrected chi connectivity index (χ3v) is 4.56. The Balaban J connectivity index is 1.73. The topological polar surface area (TPSA) is 43.8 Å². The molecule has 2 heterocycles. The van der Waals surface area contributed by atoms with Gasteiger partial charge >= 0.3 is 0 Å². The van der Waals surface area contributed by atoms with Crippen LogP contribution in [0.3, 0.4) is 0 Å². The molecule has 2 aliphatic rings. The molecular weight excluding hydrogens is 236 g/mol. The van der Waals surface area contributed by atoms with Gasteiger partial charge in [0.25, 0.3) is 0 Å². The predicted molar refractivity (Wildman–Crippen MR) is 70.1 cm³/mol. The Morgan fingerprint density at radius 3 is 2.71 bits per heavy atom. The van der Waals surface area contributed by atoms with Crippen LogP contribution in [-0.2, 0) is 4.79 Å². The van der Waals surface area contributed by atoms with Gasteiger partial charge < -0.3 is 10.0 Å². The van der Waals surface area contributed by atoms with Crippen molar-refractivity contribution in [3.05, 3.63) is 0 Å². The Labute approximate surface area is 107 Å². The molecule has 2 unspecified atom stereocenters. The second kappa shape index (κ2) is 5.59. The highest BCUT2D eigenvalue weighted by molar-refractivity contribution is 7.98. The van der Waals surface area contributed by atoms with Gasteiger partial charge in [-0.15, -0.1) is 0 Å². The van der Waals surface area contributed by atoms with Crippen molar-refractivity contribution in [2.75, 3.05) is 38.2 Å². The van der Waals surface area contributed by atoms with Crippen molar-refractivity contribution in [2.24, 2.45) is 5.92 Å². The number of hydrogen-bond acceptors (Lipinski definition) is 4. The first-order valence-electron chi connectivity index (χ1n) is 6.31. The normalized spacial score (nSPS) is 28.2. The molecule has 2 saturated heterocycles. The minimum absolute atomic E-state index is 0.134. The van der Waals surface area contributed by atoms with Crippen molar-refractivity contribution in [3.8, 4) is 0 Å². The monoisotopic (exact) mass is 258 g/mol. The van der Waals surface area contributed by atoms with E-state index in [1.807, 2.05) is 18.1 Å². The number of nitrogens with zero attached hydrogens (tertiary/aromatic N) is 2. The fraction of sp³-hybridized carbons (Fsp3) is 0.917. The Kier molecular flexibility index (Phi) is 4.33. The average Bonchev–Trinajstić information content (AvgIpc) is 2.62. The van der Waals surface area contributed by atoms with Crippen LogP contribution in [0.25, 0.3) is 0 Å². The highest BCUT2D eigenvalue weighted by atomic mass is 32.2. The molecule has 2 rings (SSSR count). The highest BCUT2D eigenvalue weighted by Crippen LogP contribution is 2.22. The van der Waals surface area contributed by atoms with Crippen LogP contribution >= 0.6 is 11.8 Å². The molecule has 2 atom stereocenters. The molecule has 5 heteroatoms. The van der Waals surface area contributed by atoms with E-state index in [1.165, 1.54) is 0 Å². The van der Waals surface area contributed by atoms with Crippen LogP contribution in [0.1, 0.15) is 13.3 Å². The van der Waals surface area contributed by atoms with Gasteiger partial charge in [0.15, 0.2) is 0 Å². The zero-order chi connectivity index (χ0) is 12.4. The largest absolute Gasteiger partial charge is 0.392 e. The number of β-amino-alcohol motifs (C(OH)–C–C–N with tert-alkyl or cyclic N) is 1. The van der Waals surface area contributed by atoms with Crippen LogP contribution in [0.15, 0.2) is 0 Å². The second-order valence-electron chi connectivity index (χ2n) is 5.19. The summed E-state index contributed by atoms with van der Waals surface area (Å²) in [4.78, 5) is 16.3. The van der Waals surface area contributed by atoms with Gasteiger partial charge in [-0.25, -0.2) is 0 Å². The molecule has 98 valence electrons. The first-order valence-corrected chi connectivity index (χ1v) is 7.71. The molecule has 0 bridgehead atoms. The highest BCUT2D eigenvalue weighted by Gasteiger charge is 2.38. The molecule has 0 aromatic carbocycles.